The summed E-state index contributed by atoms with van der Waals surface area (Å²) in [7, 11) is 0. The van der Waals surface area contributed by atoms with Crippen LogP contribution in [-0.2, 0) is 16.1 Å². The van der Waals surface area contributed by atoms with Gasteiger partial charge in [-0.3, -0.25) is 19.5 Å². The Hall–Kier alpha value is -2.80. The van der Waals surface area contributed by atoms with Gasteiger partial charge in [-0.1, -0.05) is 12.8 Å². The average molecular weight is 425 g/mol. The highest BCUT2D eigenvalue weighted by molar-refractivity contribution is 5.93. The largest absolute Gasteiger partial charge is 0.353 e. The van der Waals surface area contributed by atoms with E-state index in [2.05, 4.69) is 20.5 Å². The third-order valence-corrected chi connectivity index (χ3v) is 6.24. The van der Waals surface area contributed by atoms with Crippen molar-refractivity contribution in [1.82, 2.24) is 15.2 Å². The van der Waals surface area contributed by atoms with Gasteiger partial charge >= 0.3 is 0 Å². The van der Waals surface area contributed by atoms with Crippen molar-refractivity contribution in [2.45, 2.75) is 44.7 Å². The lowest BCUT2D eigenvalue weighted by molar-refractivity contribution is -0.130. The second-order valence-electron chi connectivity index (χ2n) is 8.67. The van der Waals surface area contributed by atoms with Gasteiger partial charge in [0.25, 0.3) is 0 Å². The number of piperidine rings is 1. The smallest absolute Gasteiger partial charge is 0.228 e. The Bertz CT molecular complexity index is 884. The molecule has 4 rings (SSSR count). The van der Waals surface area contributed by atoms with Gasteiger partial charge in [0, 0.05) is 43.8 Å². The molecule has 164 valence electrons. The number of rotatable bonds is 6. The first kappa shape index (κ1) is 21.4. The molecule has 1 aromatic heterocycles. The molecule has 1 saturated heterocycles. The number of amides is 2. The minimum atomic E-state index is -0.345. The van der Waals surface area contributed by atoms with E-state index in [1.54, 1.807) is 24.5 Å². The standard InChI is InChI=1S/C24H29FN4O2/c25-20-5-7-22(8-6-20)28-24(31)19-13-18(23(30)27-21-3-1-2-4-21)15-29(16-19)14-17-9-11-26-12-10-17/h5-12,18-19,21H,1-4,13-16H2,(H,27,30)(H,28,31)/t18-,19+/m0/s1. The number of carbonyl (C=O) groups is 2. The summed E-state index contributed by atoms with van der Waals surface area (Å²) < 4.78 is 13.2. The Balaban J connectivity index is 1.45. The van der Waals surface area contributed by atoms with Crippen LogP contribution >= 0.6 is 0 Å². The number of hydrogen-bond donors (Lipinski definition) is 2. The summed E-state index contributed by atoms with van der Waals surface area (Å²) in [4.78, 5) is 32.2. The lowest BCUT2D eigenvalue weighted by atomic mass is 9.87. The maximum Gasteiger partial charge on any atom is 0.228 e. The predicted molar refractivity (Wildman–Crippen MR) is 117 cm³/mol. The SMILES string of the molecule is O=C(Nc1ccc(F)cc1)[C@@H]1C[C@H](C(=O)NC2CCCC2)CN(Cc2ccncc2)C1. The van der Waals surface area contributed by atoms with Gasteiger partial charge in [0.1, 0.15) is 5.82 Å². The fraction of sp³-hybridized carbons (Fsp3) is 0.458. The topological polar surface area (TPSA) is 74.3 Å². The zero-order valence-electron chi connectivity index (χ0n) is 17.6. The normalized spacial score (nSPS) is 22.2. The van der Waals surface area contributed by atoms with Crippen LogP contribution in [0.1, 0.15) is 37.7 Å². The van der Waals surface area contributed by atoms with Crippen molar-refractivity contribution in [3.05, 3.63) is 60.2 Å². The highest BCUT2D eigenvalue weighted by atomic mass is 19.1. The van der Waals surface area contributed by atoms with Crippen molar-refractivity contribution in [3.8, 4) is 0 Å². The molecular weight excluding hydrogens is 395 g/mol. The van der Waals surface area contributed by atoms with Crippen LogP contribution in [0.3, 0.4) is 0 Å². The third-order valence-electron chi connectivity index (χ3n) is 6.24. The molecule has 31 heavy (non-hydrogen) atoms. The number of nitrogens with one attached hydrogen (secondary N) is 2. The molecular formula is C24H29FN4O2. The van der Waals surface area contributed by atoms with E-state index in [1.807, 2.05) is 12.1 Å². The lowest BCUT2D eigenvalue weighted by Crippen LogP contribution is -2.50. The molecule has 1 aliphatic carbocycles. The van der Waals surface area contributed by atoms with Gasteiger partial charge in [0.2, 0.25) is 11.8 Å². The van der Waals surface area contributed by atoms with Crippen molar-refractivity contribution in [3.63, 3.8) is 0 Å². The molecule has 2 amide bonds. The van der Waals surface area contributed by atoms with E-state index in [9.17, 15) is 14.0 Å². The van der Waals surface area contributed by atoms with Gasteiger partial charge < -0.3 is 10.6 Å². The van der Waals surface area contributed by atoms with Gasteiger partial charge in [-0.15, -0.1) is 0 Å². The molecule has 0 radical (unpaired) electrons. The molecule has 1 saturated carbocycles. The summed E-state index contributed by atoms with van der Waals surface area (Å²) in [6, 6.07) is 9.92. The van der Waals surface area contributed by atoms with Crippen molar-refractivity contribution in [2.24, 2.45) is 11.8 Å². The molecule has 6 nitrogen and oxygen atoms in total. The number of anilines is 1. The minimum absolute atomic E-state index is 0.0471. The van der Waals surface area contributed by atoms with E-state index in [-0.39, 0.29) is 35.5 Å². The first-order valence-electron chi connectivity index (χ1n) is 11.0. The van der Waals surface area contributed by atoms with Crippen LogP contribution in [0.25, 0.3) is 0 Å². The molecule has 2 aromatic rings. The van der Waals surface area contributed by atoms with Crippen LogP contribution < -0.4 is 10.6 Å². The second-order valence-corrected chi connectivity index (χ2v) is 8.67. The Labute approximate surface area is 182 Å². The summed E-state index contributed by atoms with van der Waals surface area (Å²) in [5, 5.41) is 6.08. The quantitative estimate of drug-likeness (QED) is 0.746. The lowest BCUT2D eigenvalue weighted by Gasteiger charge is -2.37. The number of likely N-dealkylation sites (tertiary alicyclic amines) is 1. The van der Waals surface area contributed by atoms with Gasteiger partial charge in [-0.25, -0.2) is 4.39 Å². The zero-order chi connectivity index (χ0) is 21.6. The Morgan fingerprint density at radius 3 is 2.29 bits per heavy atom. The molecule has 0 bridgehead atoms. The molecule has 1 aliphatic heterocycles. The number of aromatic nitrogens is 1. The van der Waals surface area contributed by atoms with E-state index in [4.69, 9.17) is 0 Å². The van der Waals surface area contributed by atoms with E-state index < -0.39 is 0 Å². The van der Waals surface area contributed by atoms with Crippen molar-refractivity contribution >= 4 is 17.5 Å². The highest BCUT2D eigenvalue weighted by Gasteiger charge is 2.36. The number of benzene rings is 1. The van der Waals surface area contributed by atoms with Gasteiger partial charge in [0.15, 0.2) is 0 Å². The summed E-state index contributed by atoms with van der Waals surface area (Å²) >= 11 is 0. The monoisotopic (exact) mass is 424 g/mol. The van der Waals surface area contributed by atoms with Crippen LogP contribution in [0.5, 0.6) is 0 Å². The predicted octanol–water partition coefficient (Wildman–Crippen LogP) is 3.36. The van der Waals surface area contributed by atoms with E-state index in [0.717, 1.165) is 31.2 Å². The summed E-state index contributed by atoms with van der Waals surface area (Å²) in [5.74, 6) is -0.987. The molecule has 1 aromatic carbocycles. The van der Waals surface area contributed by atoms with Crippen molar-refractivity contribution in [2.75, 3.05) is 18.4 Å². The maximum absolute atomic E-state index is 13.2. The number of pyridine rings is 1. The van der Waals surface area contributed by atoms with Gasteiger partial charge in [-0.05, 0) is 61.2 Å². The number of hydrogen-bond acceptors (Lipinski definition) is 4. The van der Waals surface area contributed by atoms with E-state index >= 15 is 0 Å². The fourth-order valence-corrected chi connectivity index (χ4v) is 4.61. The summed E-state index contributed by atoms with van der Waals surface area (Å²) in [6.07, 6.45) is 8.41. The molecule has 2 fully saturated rings. The van der Waals surface area contributed by atoms with Crippen molar-refractivity contribution in [1.29, 1.82) is 0 Å². The second kappa shape index (κ2) is 10.0. The number of carbonyl (C=O) groups excluding carboxylic acids is 2. The van der Waals surface area contributed by atoms with Crippen LogP contribution in [0.15, 0.2) is 48.8 Å². The number of halogens is 1. The van der Waals surface area contributed by atoms with Crippen molar-refractivity contribution < 1.29 is 14.0 Å². The third kappa shape index (κ3) is 5.88. The fourth-order valence-electron chi connectivity index (χ4n) is 4.61. The van der Waals surface area contributed by atoms with Crippen LogP contribution in [0.2, 0.25) is 0 Å². The van der Waals surface area contributed by atoms with Gasteiger partial charge in [-0.2, -0.15) is 0 Å². The molecule has 2 heterocycles. The molecule has 2 atom stereocenters. The molecule has 0 spiro atoms. The van der Waals surface area contributed by atoms with Crippen LogP contribution in [0, 0.1) is 17.7 Å². The Morgan fingerprint density at radius 1 is 0.968 bits per heavy atom. The summed E-state index contributed by atoms with van der Waals surface area (Å²) in [6.45, 7) is 1.86. The zero-order valence-corrected chi connectivity index (χ0v) is 17.6. The molecule has 0 unspecified atom stereocenters. The van der Waals surface area contributed by atoms with E-state index in [0.29, 0.717) is 31.7 Å². The number of nitrogens with zero attached hydrogens (tertiary/aromatic N) is 2. The first-order chi connectivity index (χ1) is 15.1. The highest BCUT2D eigenvalue weighted by Crippen LogP contribution is 2.26. The minimum Gasteiger partial charge on any atom is -0.353 e. The first-order valence-corrected chi connectivity index (χ1v) is 11.0. The Kier molecular flexibility index (Phi) is 6.92. The van der Waals surface area contributed by atoms with E-state index in [1.165, 1.54) is 12.1 Å². The van der Waals surface area contributed by atoms with Crippen LogP contribution in [-0.4, -0.2) is 40.8 Å². The summed E-state index contributed by atoms with van der Waals surface area (Å²) in [5.41, 5.74) is 1.66. The average Bonchev–Trinajstić information content (AvgIpc) is 3.29. The molecule has 7 heteroatoms. The van der Waals surface area contributed by atoms with Gasteiger partial charge in [0.05, 0.1) is 11.8 Å². The van der Waals surface area contributed by atoms with Crippen LogP contribution in [0.4, 0.5) is 10.1 Å². The maximum atomic E-state index is 13.2. The Morgan fingerprint density at radius 2 is 1.61 bits per heavy atom. The molecule has 2 aliphatic rings. The molecule has 2 N–H and O–H groups in total.